The molecular weight excluding hydrogens is 152 g/mol. The molecule has 2 aliphatic rings. The maximum Gasteiger partial charge on any atom is 0.307 e. The third-order valence-electron chi connectivity index (χ3n) is 2.92. The Hall–Kier alpha value is -0.790. The number of ether oxygens (including phenoxy) is 1. The van der Waals surface area contributed by atoms with Crippen molar-refractivity contribution in [3.8, 4) is 0 Å². The van der Waals surface area contributed by atoms with Crippen LogP contribution in [-0.2, 0) is 9.53 Å². The normalized spacial score (nSPS) is 40.4. The van der Waals surface area contributed by atoms with Crippen molar-refractivity contribution < 1.29 is 9.53 Å². The topological polar surface area (TPSA) is 26.3 Å². The van der Waals surface area contributed by atoms with Crippen LogP contribution in [0.25, 0.3) is 0 Å². The first-order valence-corrected chi connectivity index (χ1v) is 4.57. The number of hydrogen-bond acceptors (Lipinski definition) is 2. The van der Waals surface area contributed by atoms with Gasteiger partial charge in [-0.1, -0.05) is 13.0 Å². The van der Waals surface area contributed by atoms with E-state index in [1.807, 2.05) is 0 Å². The maximum absolute atomic E-state index is 11.1. The van der Waals surface area contributed by atoms with E-state index in [-0.39, 0.29) is 17.5 Å². The second-order valence-corrected chi connectivity index (χ2v) is 4.06. The molecule has 0 N–H and O–H groups in total. The summed E-state index contributed by atoms with van der Waals surface area (Å²) in [6, 6.07) is 0. The van der Waals surface area contributed by atoms with E-state index in [1.165, 1.54) is 6.42 Å². The van der Waals surface area contributed by atoms with Crippen LogP contribution in [0.2, 0.25) is 0 Å². The van der Waals surface area contributed by atoms with Gasteiger partial charge in [0.1, 0.15) is 6.10 Å². The van der Waals surface area contributed by atoms with Crippen molar-refractivity contribution in [1.82, 2.24) is 0 Å². The lowest BCUT2D eigenvalue weighted by molar-refractivity contribution is -0.140. The van der Waals surface area contributed by atoms with Crippen LogP contribution in [0.4, 0.5) is 0 Å². The van der Waals surface area contributed by atoms with Gasteiger partial charge in [-0.25, -0.2) is 0 Å². The van der Waals surface area contributed by atoms with E-state index in [9.17, 15) is 4.79 Å². The van der Waals surface area contributed by atoms with Gasteiger partial charge in [0.25, 0.3) is 0 Å². The zero-order valence-electron chi connectivity index (χ0n) is 7.38. The molecule has 0 aromatic heterocycles. The summed E-state index contributed by atoms with van der Waals surface area (Å²) < 4.78 is 5.22. The molecule has 2 rings (SSSR count). The van der Waals surface area contributed by atoms with E-state index < -0.39 is 0 Å². The maximum atomic E-state index is 11.1. The van der Waals surface area contributed by atoms with Crippen molar-refractivity contribution in [3.63, 3.8) is 0 Å². The van der Waals surface area contributed by atoms with Crippen LogP contribution >= 0.6 is 0 Å². The van der Waals surface area contributed by atoms with Crippen LogP contribution in [0, 0.1) is 5.41 Å². The molecule has 0 saturated carbocycles. The summed E-state index contributed by atoms with van der Waals surface area (Å²) in [7, 11) is 0. The number of allylic oxidation sites excluding steroid dienone is 1. The Morgan fingerprint density at radius 2 is 2.50 bits per heavy atom. The molecule has 1 aliphatic carbocycles. The number of rotatable bonds is 0. The lowest BCUT2D eigenvalue weighted by atomic mass is 9.80. The minimum atomic E-state index is -0.0333. The summed E-state index contributed by atoms with van der Waals surface area (Å²) in [6.07, 6.45) is 8.25. The SMILES string of the molecule is C[C@@]12CCCC=C[C@@H]1OC(=O)C2. The van der Waals surface area contributed by atoms with E-state index >= 15 is 0 Å². The summed E-state index contributed by atoms with van der Waals surface area (Å²) in [4.78, 5) is 11.1. The number of carbonyl (C=O) groups is 1. The Morgan fingerprint density at radius 1 is 1.67 bits per heavy atom. The summed E-state index contributed by atoms with van der Waals surface area (Å²) in [5.41, 5.74) is 0.0874. The monoisotopic (exact) mass is 166 g/mol. The van der Waals surface area contributed by atoms with E-state index in [1.54, 1.807) is 0 Å². The molecule has 0 spiro atoms. The first-order chi connectivity index (χ1) is 5.71. The van der Waals surface area contributed by atoms with Gasteiger partial charge < -0.3 is 4.74 Å². The van der Waals surface area contributed by atoms with Crippen molar-refractivity contribution in [2.45, 2.75) is 38.7 Å². The molecule has 2 nitrogen and oxygen atoms in total. The Labute approximate surface area is 72.6 Å². The highest BCUT2D eigenvalue weighted by molar-refractivity contribution is 5.73. The minimum absolute atomic E-state index is 0.0333. The molecule has 1 fully saturated rings. The average Bonchev–Trinajstić information content (AvgIpc) is 2.14. The number of carbonyl (C=O) groups excluding carboxylic acids is 1. The third-order valence-corrected chi connectivity index (χ3v) is 2.92. The Balaban J connectivity index is 2.24. The van der Waals surface area contributed by atoms with Gasteiger partial charge >= 0.3 is 5.97 Å². The minimum Gasteiger partial charge on any atom is -0.457 e. The van der Waals surface area contributed by atoms with Crippen LogP contribution in [0.3, 0.4) is 0 Å². The van der Waals surface area contributed by atoms with Gasteiger partial charge in [-0.3, -0.25) is 4.79 Å². The fourth-order valence-corrected chi connectivity index (χ4v) is 2.10. The molecule has 0 amide bonds. The van der Waals surface area contributed by atoms with Gasteiger partial charge in [0.05, 0.1) is 6.42 Å². The van der Waals surface area contributed by atoms with Gasteiger partial charge in [0.15, 0.2) is 0 Å². The fraction of sp³-hybridized carbons (Fsp3) is 0.700. The molecule has 2 atom stereocenters. The molecule has 1 saturated heterocycles. The zero-order chi connectivity index (χ0) is 8.60. The molecule has 1 heterocycles. The summed E-state index contributed by atoms with van der Waals surface area (Å²) in [6.45, 7) is 2.15. The van der Waals surface area contributed by atoms with Gasteiger partial charge in [-0.2, -0.15) is 0 Å². The molecule has 12 heavy (non-hydrogen) atoms. The Bertz CT molecular complexity index is 232. The molecule has 1 aliphatic heterocycles. The predicted octanol–water partition coefficient (Wildman–Crippen LogP) is 2.05. The summed E-state index contributed by atoms with van der Waals surface area (Å²) >= 11 is 0. The van der Waals surface area contributed by atoms with Gasteiger partial charge in [-0.15, -0.1) is 0 Å². The number of fused-ring (bicyclic) bond motifs is 1. The smallest absolute Gasteiger partial charge is 0.307 e. The fourth-order valence-electron chi connectivity index (χ4n) is 2.10. The van der Waals surface area contributed by atoms with Crippen molar-refractivity contribution in [3.05, 3.63) is 12.2 Å². The highest BCUT2D eigenvalue weighted by Gasteiger charge is 2.43. The third kappa shape index (κ3) is 1.15. The molecule has 0 radical (unpaired) electrons. The lowest BCUT2D eigenvalue weighted by Gasteiger charge is -2.24. The quantitative estimate of drug-likeness (QED) is 0.406. The van der Waals surface area contributed by atoms with Crippen LogP contribution in [0.5, 0.6) is 0 Å². The predicted molar refractivity (Wildman–Crippen MR) is 45.6 cm³/mol. The van der Waals surface area contributed by atoms with Crippen LogP contribution in [0.15, 0.2) is 12.2 Å². The van der Waals surface area contributed by atoms with Gasteiger partial charge in [0.2, 0.25) is 0 Å². The van der Waals surface area contributed by atoms with Crippen LogP contribution in [0.1, 0.15) is 32.6 Å². The Morgan fingerprint density at radius 3 is 3.33 bits per heavy atom. The zero-order valence-corrected chi connectivity index (χ0v) is 7.38. The average molecular weight is 166 g/mol. The molecule has 0 unspecified atom stereocenters. The largest absolute Gasteiger partial charge is 0.457 e. The van der Waals surface area contributed by atoms with Crippen molar-refractivity contribution in [2.75, 3.05) is 0 Å². The molecule has 0 aromatic rings. The first kappa shape index (κ1) is 7.84. The van der Waals surface area contributed by atoms with Crippen LogP contribution < -0.4 is 0 Å². The van der Waals surface area contributed by atoms with E-state index in [4.69, 9.17) is 4.74 Å². The second-order valence-electron chi connectivity index (χ2n) is 4.06. The highest BCUT2D eigenvalue weighted by atomic mass is 16.6. The Kier molecular flexibility index (Phi) is 1.71. The molecule has 66 valence electrons. The van der Waals surface area contributed by atoms with E-state index in [0.717, 1.165) is 12.8 Å². The van der Waals surface area contributed by atoms with Crippen molar-refractivity contribution in [2.24, 2.45) is 5.41 Å². The van der Waals surface area contributed by atoms with E-state index in [2.05, 4.69) is 19.1 Å². The number of esters is 1. The molecule has 0 aromatic carbocycles. The van der Waals surface area contributed by atoms with Crippen molar-refractivity contribution >= 4 is 5.97 Å². The molecular formula is C10H14O2. The first-order valence-electron chi connectivity index (χ1n) is 4.57. The van der Waals surface area contributed by atoms with Gasteiger partial charge in [0, 0.05) is 5.41 Å². The second kappa shape index (κ2) is 2.61. The lowest BCUT2D eigenvalue weighted by Crippen LogP contribution is -2.24. The summed E-state index contributed by atoms with van der Waals surface area (Å²) in [5, 5.41) is 0. The molecule has 2 heteroatoms. The van der Waals surface area contributed by atoms with Gasteiger partial charge in [-0.05, 0) is 25.3 Å². The molecule has 0 bridgehead atoms. The standard InChI is InChI=1S/C10H14O2/c1-10-6-4-2-3-5-8(10)12-9(11)7-10/h3,5,8H,2,4,6-7H2,1H3/t8-,10-/m0/s1. The number of hydrogen-bond donors (Lipinski definition) is 0. The highest BCUT2D eigenvalue weighted by Crippen LogP contribution is 2.42. The van der Waals surface area contributed by atoms with Crippen molar-refractivity contribution in [1.29, 1.82) is 0 Å². The van der Waals surface area contributed by atoms with Crippen LogP contribution in [-0.4, -0.2) is 12.1 Å². The van der Waals surface area contributed by atoms with E-state index in [0.29, 0.717) is 6.42 Å². The summed E-state index contributed by atoms with van der Waals surface area (Å²) in [5.74, 6) is -0.0333.